The highest BCUT2D eigenvalue weighted by Crippen LogP contribution is 2.35. The number of halogens is 2. The molecule has 0 aliphatic carbocycles. The number of carboxylic acid groups (broad SMARTS) is 1. The number of aromatic carboxylic acids is 1. The van der Waals surface area contributed by atoms with E-state index in [1.165, 1.54) is 24.4 Å². The maximum atomic E-state index is 11.1. The van der Waals surface area contributed by atoms with Crippen LogP contribution in [0.5, 0.6) is 5.75 Å². The molecule has 0 fully saturated rings. The summed E-state index contributed by atoms with van der Waals surface area (Å²) in [7, 11) is 0. The van der Waals surface area contributed by atoms with Crippen LogP contribution in [-0.2, 0) is 0 Å². The fourth-order valence-corrected chi connectivity index (χ4v) is 3.10. The van der Waals surface area contributed by atoms with Crippen LogP contribution in [0.15, 0.2) is 64.0 Å². The van der Waals surface area contributed by atoms with Gasteiger partial charge in [-0.2, -0.15) is 0 Å². The maximum absolute atomic E-state index is 11.1. The van der Waals surface area contributed by atoms with Gasteiger partial charge in [-0.3, -0.25) is 4.99 Å². The van der Waals surface area contributed by atoms with Crippen LogP contribution >= 0.6 is 23.2 Å². The van der Waals surface area contributed by atoms with E-state index in [4.69, 9.17) is 32.7 Å². The lowest BCUT2D eigenvalue weighted by atomic mass is 10.1. The van der Waals surface area contributed by atoms with Gasteiger partial charge in [-0.05, 0) is 48.5 Å². The number of hydrogen-bond donors (Lipinski definition) is 2. The van der Waals surface area contributed by atoms with Crippen molar-refractivity contribution in [3.63, 3.8) is 0 Å². The molecule has 4 aromatic rings. The fourth-order valence-electron chi connectivity index (χ4n) is 2.72. The Morgan fingerprint density at radius 3 is 2.72 bits per heavy atom. The smallest absolute Gasteiger partial charge is 0.335 e. The largest absolute Gasteiger partial charge is 0.507 e. The van der Waals surface area contributed by atoms with Gasteiger partial charge in [-0.25, -0.2) is 9.78 Å². The van der Waals surface area contributed by atoms with Gasteiger partial charge in [-0.15, -0.1) is 0 Å². The standard InChI is InChI=1S/C21H12Cl2N2O4/c22-15-3-1-2-14(19(15)23)20-25-16-9-13(5-7-18(16)29-20)24-10-12-8-11(21(27)28)4-6-17(12)26/h1-10,26H,(H,27,28). The molecule has 0 amide bonds. The molecular formula is C21H12Cl2N2O4. The molecule has 1 aromatic heterocycles. The first-order valence-corrected chi connectivity index (χ1v) is 9.13. The summed E-state index contributed by atoms with van der Waals surface area (Å²) in [5.41, 5.74) is 2.58. The molecular weight excluding hydrogens is 415 g/mol. The van der Waals surface area contributed by atoms with Crippen LogP contribution in [0.25, 0.3) is 22.6 Å². The zero-order chi connectivity index (χ0) is 20.5. The van der Waals surface area contributed by atoms with E-state index in [9.17, 15) is 9.90 Å². The third-order valence-corrected chi connectivity index (χ3v) is 5.00. The molecule has 0 unspecified atom stereocenters. The molecule has 0 bridgehead atoms. The summed E-state index contributed by atoms with van der Waals surface area (Å²) in [5, 5.41) is 19.7. The van der Waals surface area contributed by atoms with E-state index in [-0.39, 0.29) is 16.9 Å². The molecule has 0 radical (unpaired) electrons. The van der Waals surface area contributed by atoms with Crippen LogP contribution in [0.1, 0.15) is 15.9 Å². The molecule has 0 spiro atoms. The molecule has 8 heteroatoms. The molecule has 1 heterocycles. The second-order valence-electron chi connectivity index (χ2n) is 6.11. The SMILES string of the molecule is O=C(O)c1ccc(O)c(C=Nc2ccc3oc(-c4cccc(Cl)c4Cl)nc3c2)c1. The van der Waals surface area contributed by atoms with Gasteiger partial charge in [0.2, 0.25) is 5.89 Å². The van der Waals surface area contributed by atoms with Crippen LogP contribution in [0, 0.1) is 0 Å². The van der Waals surface area contributed by atoms with Crippen molar-refractivity contribution in [3.05, 3.63) is 75.8 Å². The van der Waals surface area contributed by atoms with Crippen molar-refractivity contribution in [2.24, 2.45) is 4.99 Å². The summed E-state index contributed by atoms with van der Waals surface area (Å²) in [6.45, 7) is 0. The molecule has 0 aliphatic heterocycles. The quantitative estimate of drug-likeness (QED) is 0.392. The Labute approximate surface area is 174 Å². The Kier molecular flexibility index (Phi) is 4.96. The Morgan fingerprint density at radius 2 is 1.93 bits per heavy atom. The van der Waals surface area contributed by atoms with E-state index in [0.29, 0.717) is 38.3 Å². The number of phenolic OH excluding ortho intramolecular Hbond substituents is 1. The number of fused-ring (bicyclic) bond motifs is 1. The van der Waals surface area contributed by atoms with Crippen LogP contribution in [0.2, 0.25) is 10.0 Å². The van der Waals surface area contributed by atoms with E-state index in [1.807, 2.05) is 0 Å². The third kappa shape index (κ3) is 3.81. The number of benzene rings is 3. The van der Waals surface area contributed by atoms with E-state index in [2.05, 4.69) is 9.98 Å². The predicted molar refractivity (Wildman–Crippen MR) is 112 cm³/mol. The number of aromatic nitrogens is 1. The summed E-state index contributed by atoms with van der Waals surface area (Å²) in [6, 6.07) is 14.3. The third-order valence-electron chi connectivity index (χ3n) is 4.18. The minimum atomic E-state index is -1.09. The zero-order valence-corrected chi connectivity index (χ0v) is 16.1. The topological polar surface area (TPSA) is 95.9 Å². The second-order valence-corrected chi connectivity index (χ2v) is 6.89. The molecule has 0 aliphatic rings. The average molecular weight is 427 g/mol. The molecule has 3 aromatic carbocycles. The fraction of sp³-hybridized carbons (Fsp3) is 0. The number of carboxylic acids is 1. The molecule has 29 heavy (non-hydrogen) atoms. The highest BCUT2D eigenvalue weighted by Gasteiger charge is 2.14. The lowest BCUT2D eigenvalue weighted by Gasteiger charge is -2.00. The normalized spacial score (nSPS) is 11.4. The first-order valence-electron chi connectivity index (χ1n) is 8.38. The number of hydrogen-bond acceptors (Lipinski definition) is 5. The van der Waals surface area contributed by atoms with Crippen LogP contribution < -0.4 is 0 Å². The Hall–Kier alpha value is -3.35. The number of aliphatic imine (C=N–C) groups is 1. The molecule has 2 N–H and O–H groups in total. The van der Waals surface area contributed by atoms with Crippen molar-refractivity contribution in [1.29, 1.82) is 0 Å². The van der Waals surface area contributed by atoms with Gasteiger partial charge in [-0.1, -0.05) is 29.3 Å². The molecule has 0 atom stereocenters. The number of nitrogens with zero attached hydrogens (tertiary/aromatic N) is 2. The van der Waals surface area contributed by atoms with Gasteiger partial charge in [0.15, 0.2) is 5.58 Å². The van der Waals surface area contributed by atoms with E-state index in [1.54, 1.807) is 36.4 Å². The second kappa shape index (κ2) is 7.58. The molecule has 0 saturated heterocycles. The summed E-state index contributed by atoms with van der Waals surface area (Å²) in [4.78, 5) is 19.8. The van der Waals surface area contributed by atoms with E-state index >= 15 is 0 Å². The van der Waals surface area contributed by atoms with Crippen LogP contribution in [-0.4, -0.2) is 27.4 Å². The summed E-state index contributed by atoms with van der Waals surface area (Å²) < 4.78 is 5.76. The first kappa shape index (κ1) is 19.0. The number of carbonyl (C=O) groups is 1. The minimum absolute atomic E-state index is 0.0549. The lowest BCUT2D eigenvalue weighted by Crippen LogP contribution is -1.97. The maximum Gasteiger partial charge on any atom is 0.335 e. The van der Waals surface area contributed by atoms with Crippen LogP contribution in [0.4, 0.5) is 5.69 Å². The number of rotatable bonds is 4. The molecule has 6 nitrogen and oxygen atoms in total. The lowest BCUT2D eigenvalue weighted by molar-refractivity contribution is 0.0697. The van der Waals surface area contributed by atoms with E-state index < -0.39 is 5.97 Å². The van der Waals surface area contributed by atoms with Crippen LogP contribution in [0.3, 0.4) is 0 Å². The van der Waals surface area contributed by atoms with Gasteiger partial charge in [0.25, 0.3) is 0 Å². The molecule has 0 saturated carbocycles. The summed E-state index contributed by atoms with van der Waals surface area (Å²) in [5.74, 6) is -0.824. The number of aromatic hydroxyl groups is 1. The summed E-state index contributed by atoms with van der Waals surface area (Å²) in [6.07, 6.45) is 1.39. The van der Waals surface area contributed by atoms with Gasteiger partial charge in [0.1, 0.15) is 11.3 Å². The van der Waals surface area contributed by atoms with Gasteiger partial charge in [0, 0.05) is 11.8 Å². The minimum Gasteiger partial charge on any atom is -0.507 e. The van der Waals surface area contributed by atoms with Crippen molar-refractivity contribution in [2.75, 3.05) is 0 Å². The molecule has 4 rings (SSSR count). The van der Waals surface area contributed by atoms with Crippen molar-refractivity contribution in [1.82, 2.24) is 4.98 Å². The number of phenols is 1. The number of oxazole rings is 1. The monoisotopic (exact) mass is 426 g/mol. The Morgan fingerprint density at radius 1 is 1.10 bits per heavy atom. The predicted octanol–water partition coefficient (Wildman–Crippen LogP) is 5.96. The van der Waals surface area contributed by atoms with Gasteiger partial charge >= 0.3 is 5.97 Å². The van der Waals surface area contributed by atoms with E-state index in [0.717, 1.165) is 0 Å². The average Bonchev–Trinajstić information content (AvgIpc) is 3.12. The zero-order valence-electron chi connectivity index (χ0n) is 14.6. The highest BCUT2D eigenvalue weighted by atomic mass is 35.5. The van der Waals surface area contributed by atoms with Crippen molar-refractivity contribution in [3.8, 4) is 17.2 Å². The van der Waals surface area contributed by atoms with Gasteiger partial charge in [0.05, 0.1) is 26.9 Å². The van der Waals surface area contributed by atoms with Crippen molar-refractivity contribution in [2.45, 2.75) is 0 Å². The summed E-state index contributed by atoms with van der Waals surface area (Å²) >= 11 is 12.3. The van der Waals surface area contributed by atoms with Crippen molar-refractivity contribution >= 4 is 52.2 Å². The first-order chi connectivity index (χ1) is 13.9. The molecule has 144 valence electrons. The Bertz CT molecular complexity index is 1280. The Balaban J connectivity index is 1.68. The van der Waals surface area contributed by atoms with Crippen molar-refractivity contribution < 1.29 is 19.4 Å². The van der Waals surface area contributed by atoms with Gasteiger partial charge < -0.3 is 14.6 Å². The highest BCUT2D eigenvalue weighted by molar-refractivity contribution is 6.43.